The van der Waals surface area contributed by atoms with E-state index in [0.29, 0.717) is 5.56 Å². The zero-order valence-electron chi connectivity index (χ0n) is 18.8. The SMILES string of the molecule is COc1cccc([C@@H]2N[C@](CC(C)C)(C(=O)O)[C@@H]3C(=O)N(Cc4ccccc4)C(=O)[C@@H]32)c1O. The van der Waals surface area contributed by atoms with E-state index in [-0.39, 0.29) is 30.4 Å². The number of nitrogens with zero attached hydrogens (tertiary/aromatic N) is 1. The number of rotatable bonds is 7. The van der Waals surface area contributed by atoms with Crippen molar-refractivity contribution in [2.24, 2.45) is 17.8 Å². The highest BCUT2D eigenvalue weighted by Gasteiger charge is 2.68. The lowest BCUT2D eigenvalue weighted by molar-refractivity contribution is -0.152. The molecule has 8 heteroatoms. The highest BCUT2D eigenvalue weighted by Crippen LogP contribution is 2.53. The van der Waals surface area contributed by atoms with Gasteiger partial charge in [0.25, 0.3) is 0 Å². The first-order valence-corrected chi connectivity index (χ1v) is 11.0. The number of amides is 2. The number of hydrogen-bond donors (Lipinski definition) is 3. The van der Waals surface area contributed by atoms with Crippen molar-refractivity contribution in [3.8, 4) is 11.5 Å². The Balaban J connectivity index is 1.83. The van der Waals surface area contributed by atoms with Crippen molar-refractivity contribution in [1.82, 2.24) is 10.2 Å². The van der Waals surface area contributed by atoms with Crippen LogP contribution in [0.4, 0.5) is 0 Å². The number of likely N-dealkylation sites (tertiary alicyclic amines) is 1. The fraction of sp³-hybridized carbons (Fsp3) is 0.400. The second kappa shape index (κ2) is 8.51. The number of carboxylic acid groups (broad SMARTS) is 1. The van der Waals surface area contributed by atoms with Crippen LogP contribution in [0, 0.1) is 17.8 Å². The standard InChI is InChI=1S/C25H28N2O6/c1-14(2)12-25(24(31)32)19-18(20(26-25)16-10-7-11-17(33-3)21(16)28)22(29)27(23(19)30)13-15-8-5-4-6-9-15/h4-11,14,18-20,26,28H,12-13H2,1-3H3,(H,31,32)/t18-,19-,20-,25-/m0/s1. The van der Waals surface area contributed by atoms with E-state index in [1.807, 2.05) is 44.2 Å². The number of phenolic OH excluding ortho intramolecular Hbond substituents is 1. The maximum Gasteiger partial charge on any atom is 0.324 e. The lowest BCUT2D eigenvalue weighted by atomic mass is 9.75. The van der Waals surface area contributed by atoms with Crippen molar-refractivity contribution in [3.05, 3.63) is 59.7 Å². The number of phenols is 1. The number of methoxy groups -OCH3 is 1. The summed E-state index contributed by atoms with van der Waals surface area (Å²) in [6, 6.07) is 13.1. The van der Waals surface area contributed by atoms with Gasteiger partial charge in [-0.05, 0) is 24.0 Å². The average Bonchev–Trinajstić information content (AvgIpc) is 3.24. The predicted molar refractivity (Wildman–Crippen MR) is 119 cm³/mol. The summed E-state index contributed by atoms with van der Waals surface area (Å²) in [7, 11) is 1.41. The number of benzene rings is 2. The maximum atomic E-state index is 13.6. The fourth-order valence-corrected chi connectivity index (χ4v) is 5.32. The van der Waals surface area contributed by atoms with Gasteiger partial charge < -0.3 is 14.9 Å². The van der Waals surface area contributed by atoms with Crippen LogP contribution in [0.5, 0.6) is 11.5 Å². The lowest BCUT2D eigenvalue weighted by Crippen LogP contribution is -2.56. The highest BCUT2D eigenvalue weighted by molar-refractivity contribution is 6.09. The van der Waals surface area contributed by atoms with Gasteiger partial charge in [0.2, 0.25) is 11.8 Å². The number of fused-ring (bicyclic) bond motifs is 1. The summed E-state index contributed by atoms with van der Waals surface area (Å²) in [5.41, 5.74) is -0.534. The molecular weight excluding hydrogens is 424 g/mol. The van der Waals surface area contributed by atoms with Crippen LogP contribution in [0.3, 0.4) is 0 Å². The fourth-order valence-electron chi connectivity index (χ4n) is 5.32. The first kappa shape index (κ1) is 22.8. The molecule has 2 amide bonds. The third kappa shape index (κ3) is 3.64. The van der Waals surface area contributed by atoms with E-state index in [4.69, 9.17) is 4.74 Å². The molecule has 0 aliphatic carbocycles. The van der Waals surface area contributed by atoms with Crippen LogP contribution >= 0.6 is 0 Å². The molecule has 0 bridgehead atoms. The molecule has 0 saturated carbocycles. The number of nitrogens with one attached hydrogen (secondary N) is 1. The minimum atomic E-state index is -1.64. The highest BCUT2D eigenvalue weighted by atomic mass is 16.5. The number of carboxylic acids is 1. The molecule has 33 heavy (non-hydrogen) atoms. The third-order valence-electron chi connectivity index (χ3n) is 6.63. The molecule has 0 aromatic heterocycles. The Morgan fingerprint density at radius 3 is 2.42 bits per heavy atom. The average molecular weight is 453 g/mol. The molecule has 2 aromatic carbocycles. The molecule has 8 nitrogen and oxygen atoms in total. The van der Waals surface area contributed by atoms with E-state index in [2.05, 4.69) is 5.32 Å². The van der Waals surface area contributed by atoms with Gasteiger partial charge in [0.1, 0.15) is 5.54 Å². The predicted octanol–water partition coefficient (Wildman–Crippen LogP) is 2.72. The van der Waals surface area contributed by atoms with Crippen molar-refractivity contribution >= 4 is 17.8 Å². The van der Waals surface area contributed by atoms with Crippen LogP contribution < -0.4 is 10.1 Å². The Labute approximate surface area is 192 Å². The number of aliphatic carboxylic acids is 1. The van der Waals surface area contributed by atoms with E-state index >= 15 is 0 Å². The van der Waals surface area contributed by atoms with Crippen molar-refractivity contribution in [2.75, 3.05) is 7.11 Å². The number of ether oxygens (including phenoxy) is 1. The lowest BCUT2D eigenvalue weighted by Gasteiger charge is -2.32. The van der Waals surface area contributed by atoms with E-state index in [1.165, 1.54) is 7.11 Å². The van der Waals surface area contributed by atoms with Crippen molar-refractivity contribution in [1.29, 1.82) is 0 Å². The number of imide groups is 1. The number of carbonyl (C=O) groups is 3. The molecule has 2 aromatic rings. The summed E-state index contributed by atoms with van der Waals surface area (Å²) < 4.78 is 5.21. The van der Waals surface area contributed by atoms with Crippen LogP contribution in [-0.4, -0.2) is 45.5 Å². The number of para-hydroxylation sites is 1. The van der Waals surface area contributed by atoms with Crippen LogP contribution in [-0.2, 0) is 20.9 Å². The van der Waals surface area contributed by atoms with Gasteiger partial charge in [0.15, 0.2) is 11.5 Å². The Morgan fingerprint density at radius 1 is 1.12 bits per heavy atom. The van der Waals surface area contributed by atoms with E-state index in [0.717, 1.165) is 10.5 Å². The summed E-state index contributed by atoms with van der Waals surface area (Å²) in [6.45, 7) is 3.82. The quantitative estimate of drug-likeness (QED) is 0.553. The Kier molecular flexibility index (Phi) is 5.88. The molecule has 2 fully saturated rings. The Morgan fingerprint density at radius 2 is 1.82 bits per heavy atom. The maximum absolute atomic E-state index is 13.6. The van der Waals surface area contributed by atoms with Gasteiger partial charge in [-0.1, -0.05) is 56.3 Å². The van der Waals surface area contributed by atoms with Gasteiger partial charge in [-0.2, -0.15) is 0 Å². The second-order valence-electron chi connectivity index (χ2n) is 9.15. The molecule has 2 aliphatic heterocycles. The largest absolute Gasteiger partial charge is 0.504 e. The molecular formula is C25H28N2O6. The molecule has 174 valence electrons. The van der Waals surface area contributed by atoms with E-state index < -0.39 is 41.2 Å². The molecule has 4 atom stereocenters. The van der Waals surface area contributed by atoms with E-state index in [9.17, 15) is 24.6 Å². The smallest absolute Gasteiger partial charge is 0.324 e. The second-order valence-corrected chi connectivity index (χ2v) is 9.15. The van der Waals surface area contributed by atoms with Crippen molar-refractivity contribution < 1.29 is 29.3 Å². The molecule has 2 heterocycles. The summed E-state index contributed by atoms with van der Waals surface area (Å²) in [4.78, 5) is 41.0. The summed E-state index contributed by atoms with van der Waals surface area (Å²) in [5, 5.41) is 24.2. The summed E-state index contributed by atoms with van der Waals surface area (Å²) in [6.07, 6.45) is 0.156. The topological polar surface area (TPSA) is 116 Å². The monoisotopic (exact) mass is 452 g/mol. The number of aromatic hydroxyl groups is 1. The molecule has 0 radical (unpaired) electrons. The van der Waals surface area contributed by atoms with Gasteiger partial charge in [0, 0.05) is 11.6 Å². The Hall–Kier alpha value is -3.39. The van der Waals surface area contributed by atoms with E-state index in [1.54, 1.807) is 18.2 Å². The summed E-state index contributed by atoms with van der Waals surface area (Å²) in [5.74, 6) is -4.21. The van der Waals surface area contributed by atoms with Crippen LogP contribution in [0.2, 0.25) is 0 Å². The molecule has 2 saturated heterocycles. The molecule has 0 spiro atoms. The molecule has 4 rings (SSSR count). The zero-order valence-corrected chi connectivity index (χ0v) is 18.8. The van der Waals surface area contributed by atoms with Crippen LogP contribution in [0.15, 0.2) is 48.5 Å². The van der Waals surface area contributed by atoms with Crippen LogP contribution in [0.1, 0.15) is 37.4 Å². The molecule has 2 aliphatic rings. The Bertz CT molecular complexity index is 1090. The van der Waals surface area contributed by atoms with Crippen LogP contribution in [0.25, 0.3) is 0 Å². The van der Waals surface area contributed by atoms with Gasteiger partial charge in [-0.15, -0.1) is 0 Å². The third-order valence-corrected chi connectivity index (χ3v) is 6.63. The summed E-state index contributed by atoms with van der Waals surface area (Å²) >= 11 is 0. The van der Waals surface area contributed by atoms with Crippen molar-refractivity contribution in [2.45, 2.75) is 38.4 Å². The first-order chi connectivity index (χ1) is 15.7. The molecule has 0 unspecified atom stereocenters. The minimum Gasteiger partial charge on any atom is -0.504 e. The van der Waals surface area contributed by atoms with Gasteiger partial charge in [0.05, 0.1) is 25.5 Å². The van der Waals surface area contributed by atoms with Gasteiger partial charge in [-0.3, -0.25) is 24.6 Å². The molecule has 3 N–H and O–H groups in total. The van der Waals surface area contributed by atoms with Crippen molar-refractivity contribution in [3.63, 3.8) is 0 Å². The number of carbonyl (C=O) groups excluding carboxylic acids is 2. The first-order valence-electron chi connectivity index (χ1n) is 11.0. The zero-order chi connectivity index (χ0) is 23.9. The van der Waals surface area contributed by atoms with Gasteiger partial charge in [-0.25, -0.2) is 0 Å². The minimum absolute atomic E-state index is 0.0574. The number of hydrogen-bond acceptors (Lipinski definition) is 6. The van der Waals surface area contributed by atoms with Gasteiger partial charge >= 0.3 is 5.97 Å². The normalized spacial score (nSPS) is 26.7.